The highest BCUT2D eigenvalue weighted by molar-refractivity contribution is 5.97. The van der Waals surface area contributed by atoms with Crippen LogP contribution in [0.25, 0.3) is 16.6 Å². The molecule has 0 spiro atoms. The normalized spacial score (nSPS) is 11.4. The van der Waals surface area contributed by atoms with Crippen molar-refractivity contribution in [1.82, 2.24) is 24.9 Å². The van der Waals surface area contributed by atoms with Gasteiger partial charge in [0.2, 0.25) is 5.95 Å². The van der Waals surface area contributed by atoms with Gasteiger partial charge in [-0.05, 0) is 48.6 Å². The molecular formula is C23H26N6O2. The van der Waals surface area contributed by atoms with Crippen LogP contribution in [-0.4, -0.2) is 32.6 Å². The molecule has 0 bridgehead atoms. The van der Waals surface area contributed by atoms with E-state index in [9.17, 15) is 4.79 Å². The molecular weight excluding hydrogens is 392 g/mol. The maximum absolute atomic E-state index is 12.9. The number of rotatable bonds is 5. The van der Waals surface area contributed by atoms with E-state index in [1.54, 1.807) is 7.11 Å². The largest absolute Gasteiger partial charge is 0.494 e. The van der Waals surface area contributed by atoms with Gasteiger partial charge in [-0.15, -0.1) is 5.10 Å². The van der Waals surface area contributed by atoms with Crippen LogP contribution in [0.3, 0.4) is 0 Å². The van der Waals surface area contributed by atoms with Crippen LogP contribution in [0.4, 0.5) is 5.95 Å². The molecule has 0 aliphatic rings. The standard InChI is InChI=1S/C23H26N6O2/c1-12(2)15-9-13(3)19(14(4)10-15)22(30)25-11-18-26-21-16-7-6-8-17(31-5)20(16)27-23(24)29(21)28-18/h6-10,12H,11H2,1-5H3,(H2,24,27)(H,25,30). The Balaban J connectivity index is 1.64. The number of ether oxygens (including phenoxy) is 1. The van der Waals surface area contributed by atoms with Gasteiger partial charge in [0.15, 0.2) is 11.5 Å². The van der Waals surface area contributed by atoms with E-state index in [2.05, 4.69) is 46.4 Å². The molecule has 0 saturated heterocycles. The molecule has 0 radical (unpaired) electrons. The molecule has 0 aliphatic carbocycles. The first-order chi connectivity index (χ1) is 14.8. The second-order valence-electron chi connectivity index (χ2n) is 7.96. The molecule has 8 nitrogen and oxygen atoms in total. The van der Waals surface area contributed by atoms with Crippen LogP contribution < -0.4 is 15.8 Å². The predicted octanol–water partition coefficient (Wildman–Crippen LogP) is 3.54. The Labute approximate surface area is 180 Å². The van der Waals surface area contributed by atoms with E-state index >= 15 is 0 Å². The number of nitrogens with two attached hydrogens (primary N) is 1. The average molecular weight is 419 g/mol. The van der Waals surface area contributed by atoms with Gasteiger partial charge in [0.25, 0.3) is 5.91 Å². The van der Waals surface area contributed by atoms with Crippen molar-refractivity contribution >= 4 is 28.4 Å². The zero-order valence-electron chi connectivity index (χ0n) is 18.4. The molecule has 8 heteroatoms. The smallest absolute Gasteiger partial charge is 0.252 e. The number of nitrogens with zero attached hydrogens (tertiary/aromatic N) is 4. The quantitative estimate of drug-likeness (QED) is 0.513. The van der Waals surface area contributed by atoms with Gasteiger partial charge in [-0.3, -0.25) is 4.79 Å². The van der Waals surface area contributed by atoms with Crippen molar-refractivity contribution in [1.29, 1.82) is 0 Å². The number of carbonyl (C=O) groups excluding carboxylic acids is 1. The van der Waals surface area contributed by atoms with E-state index in [-0.39, 0.29) is 18.4 Å². The first kappa shape index (κ1) is 20.6. The van der Waals surface area contributed by atoms with Crippen molar-refractivity contribution in [2.45, 2.75) is 40.2 Å². The van der Waals surface area contributed by atoms with Crippen LogP contribution in [-0.2, 0) is 6.54 Å². The molecule has 160 valence electrons. The van der Waals surface area contributed by atoms with Gasteiger partial charge in [-0.2, -0.15) is 4.52 Å². The molecule has 0 unspecified atom stereocenters. The Morgan fingerprint density at radius 1 is 1.19 bits per heavy atom. The third kappa shape index (κ3) is 3.65. The Kier molecular flexibility index (Phi) is 5.22. The molecule has 0 aliphatic heterocycles. The molecule has 0 atom stereocenters. The lowest BCUT2D eigenvalue weighted by Gasteiger charge is -2.14. The topological polar surface area (TPSA) is 107 Å². The van der Waals surface area contributed by atoms with E-state index in [0.29, 0.717) is 34.2 Å². The number of hydrogen-bond donors (Lipinski definition) is 2. The number of para-hydroxylation sites is 1. The Hall–Kier alpha value is -3.68. The van der Waals surface area contributed by atoms with Crippen molar-refractivity contribution in [3.63, 3.8) is 0 Å². The molecule has 3 N–H and O–H groups in total. The number of hydrogen-bond acceptors (Lipinski definition) is 6. The van der Waals surface area contributed by atoms with Crippen molar-refractivity contribution in [2.24, 2.45) is 0 Å². The first-order valence-electron chi connectivity index (χ1n) is 10.2. The first-order valence-corrected chi connectivity index (χ1v) is 10.2. The number of amides is 1. The van der Waals surface area contributed by atoms with Gasteiger partial charge in [0.05, 0.1) is 13.7 Å². The summed E-state index contributed by atoms with van der Waals surface area (Å²) in [5, 5.41) is 8.13. The molecule has 1 amide bonds. The van der Waals surface area contributed by atoms with Gasteiger partial charge in [-0.25, -0.2) is 9.97 Å². The summed E-state index contributed by atoms with van der Waals surface area (Å²) in [6, 6.07) is 9.71. The van der Waals surface area contributed by atoms with Crippen LogP contribution in [0.2, 0.25) is 0 Å². The minimum Gasteiger partial charge on any atom is -0.494 e. The van der Waals surface area contributed by atoms with Crippen molar-refractivity contribution in [3.05, 3.63) is 58.4 Å². The summed E-state index contributed by atoms with van der Waals surface area (Å²) in [6.07, 6.45) is 0. The Morgan fingerprint density at radius 2 is 1.90 bits per heavy atom. The van der Waals surface area contributed by atoms with E-state index in [0.717, 1.165) is 16.5 Å². The van der Waals surface area contributed by atoms with Gasteiger partial charge in [0.1, 0.15) is 11.3 Å². The maximum atomic E-state index is 12.9. The molecule has 0 saturated carbocycles. The number of anilines is 1. The van der Waals surface area contributed by atoms with Crippen LogP contribution in [0, 0.1) is 13.8 Å². The molecule has 31 heavy (non-hydrogen) atoms. The monoisotopic (exact) mass is 418 g/mol. The lowest BCUT2D eigenvalue weighted by atomic mass is 9.93. The van der Waals surface area contributed by atoms with E-state index < -0.39 is 0 Å². The van der Waals surface area contributed by atoms with Crippen molar-refractivity contribution in [2.75, 3.05) is 12.8 Å². The van der Waals surface area contributed by atoms with Crippen LogP contribution in [0.5, 0.6) is 5.75 Å². The SMILES string of the molecule is COc1cccc2c1nc(N)n1nc(CNC(=O)c3c(C)cc(C(C)C)cc3C)nc21. The van der Waals surface area contributed by atoms with Crippen LogP contribution in [0.1, 0.15) is 52.6 Å². The summed E-state index contributed by atoms with van der Waals surface area (Å²) in [6.45, 7) is 8.38. The summed E-state index contributed by atoms with van der Waals surface area (Å²) in [4.78, 5) is 21.9. The van der Waals surface area contributed by atoms with Crippen molar-refractivity contribution in [3.8, 4) is 5.75 Å². The van der Waals surface area contributed by atoms with Crippen LogP contribution >= 0.6 is 0 Å². The predicted molar refractivity (Wildman–Crippen MR) is 120 cm³/mol. The molecule has 2 heterocycles. The fraction of sp³-hybridized carbons (Fsp3) is 0.304. The third-order valence-corrected chi connectivity index (χ3v) is 5.41. The van der Waals surface area contributed by atoms with Crippen molar-refractivity contribution < 1.29 is 9.53 Å². The van der Waals surface area contributed by atoms with E-state index in [1.165, 1.54) is 10.1 Å². The van der Waals surface area contributed by atoms with E-state index in [4.69, 9.17) is 10.5 Å². The summed E-state index contributed by atoms with van der Waals surface area (Å²) in [5.41, 5.74) is 11.1. The Morgan fingerprint density at radius 3 is 2.55 bits per heavy atom. The fourth-order valence-corrected chi connectivity index (χ4v) is 3.84. The highest BCUT2D eigenvalue weighted by atomic mass is 16.5. The summed E-state index contributed by atoms with van der Waals surface area (Å²) < 4.78 is 6.86. The lowest BCUT2D eigenvalue weighted by molar-refractivity contribution is 0.0948. The van der Waals surface area contributed by atoms with Gasteiger partial charge in [0, 0.05) is 10.9 Å². The zero-order chi connectivity index (χ0) is 22.3. The molecule has 4 aromatic rings. The summed E-state index contributed by atoms with van der Waals surface area (Å²) in [5.74, 6) is 1.52. The number of nitrogens with one attached hydrogen (secondary N) is 1. The second kappa shape index (κ2) is 7.86. The Bertz CT molecular complexity index is 1290. The fourth-order valence-electron chi connectivity index (χ4n) is 3.84. The lowest BCUT2D eigenvalue weighted by Crippen LogP contribution is -2.25. The highest BCUT2D eigenvalue weighted by Gasteiger charge is 2.17. The van der Waals surface area contributed by atoms with Crippen LogP contribution in [0.15, 0.2) is 30.3 Å². The number of aryl methyl sites for hydroxylation is 2. The minimum atomic E-state index is -0.151. The number of benzene rings is 2. The minimum absolute atomic E-state index is 0.151. The molecule has 0 fully saturated rings. The number of carbonyl (C=O) groups is 1. The zero-order valence-corrected chi connectivity index (χ0v) is 18.4. The maximum Gasteiger partial charge on any atom is 0.252 e. The van der Waals surface area contributed by atoms with Gasteiger partial charge in [-0.1, -0.05) is 32.0 Å². The number of fused-ring (bicyclic) bond motifs is 3. The molecule has 2 aromatic carbocycles. The number of methoxy groups -OCH3 is 1. The highest BCUT2D eigenvalue weighted by Crippen LogP contribution is 2.27. The summed E-state index contributed by atoms with van der Waals surface area (Å²) in [7, 11) is 1.58. The average Bonchev–Trinajstić information content (AvgIpc) is 3.16. The van der Waals surface area contributed by atoms with Gasteiger partial charge >= 0.3 is 0 Å². The van der Waals surface area contributed by atoms with E-state index in [1.807, 2.05) is 32.0 Å². The third-order valence-electron chi connectivity index (χ3n) is 5.41. The van der Waals surface area contributed by atoms with Gasteiger partial charge < -0.3 is 15.8 Å². The second-order valence-corrected chi connectivity index (χ2v) is 7.96. The number of aromatic nitrogens is 4. The number of nitrogen functional groups attached to an aromatic ring is 1. The molecule has 4 rings (SSSR count). The summed E-state index contributed by atoms with van der Waals surface area (Å²) >= 11 is 0. The molecule has 2 aromatic heterocycles.